The number of hydrogen-bond acceptors (Lipinski definition) is 5. The first-order valence-electron chi connectivity index (χ1n) is 6.49. The van der Waals surface area contributed by atoms with E-state index < -0.39 is 23.9 Å². The van der Waals surface area contributed by atoms with E-state index in [0.717, 1.165) is 6.42 Å². The largest absolute Gasteiger partial charge is 0.480 e. The Morgan fingerprint density at radius 2 is 2.10 bits per heavy atom. The summed E-state index contributed by atoms with van der Waals surface area (Å²) in [4.78, 5) is 35.7. The van der Waals surface area contributed by atoms with Crippen molar-refractivity contribution >= 4 is 17.9 Å². The van der Waals surface area contributed by atoms with Crippen molar-refractivity contribution in [1.82, 2.24) is 15.5 Å². The molecule has 20 heavy (non-hydrogen) atoms. The normalized spacial score (nSPS) is 22.5. The number of nitrogens with zero attached hydrogens (tertiary/aromatic N) is 1. The number of hydrogen-bond donors (Lipinski definition) is 3. The second-order valence-electron chi connectivity index (χ2n) is 4.82. The fourth-order valence-electron chi connectivity index (χ4n) is 2.26. The molecule has 1 rings (SSSR count). The topological polar surface area (TPSA) is 108 Å². The summed E-state index contributed by atoms with van der Waals surface area (Å²) in [5.74, 6) is -1.46. The van der Waals surface area contributed by atoms with Crippen LogP contribution in [0.2, 0.25) is 0 Å². The van der Waals surface area contributed by atoms with Crippen LogP contribution in [0.15, 0.2) is 0 Å². The predicted octanol–water partition coefficient (Wildman–Crippen LogP) is -0.746. The molecule has 0 aromatic rings. The highest BCUT2D eigenvalue weighted by Gasteiger charge is 2.37. The number of methoxy groups -OCH3 is 1. The van der Waals surface area contributed by atoms with Gasteiger partial charge >= 0.3 is 12.0 Å². The van der Waals surface area contributed by atoms with Gasteiger partial charge in [0.15, 0.2) is 0 Å². The molecule has 8 nitrogen and oxygen atoms in total. The lowest BCUT2D eigenvalue weighted by molar-refractivity contribution is -0.143. The Labute approximate surface area is 117 Å². The predicted molar refractivity (Wildman–Crippen MR) is 70.2 cm³/mol. The monoisotopic (exact) mass is 287 g/mol. The molecule has 0 bridgehead atoms. The van der Waals surface area contributed by atoms with E-state index in [1.54, 1.807) is 4.90 Å². The molecule has 1 heterocycles. The Bertz CT molecular complexity index is 374. The van der Waals surface area contributed by atoms with Crippen molar-refractivity contribution < 1.29 is 24.2 Å². The third-order valence-electron chi connectivity index (χ3n) is 3.25. The van der Waals surface area contributed by atoms with E-state index in [4.69, 9.17) is 9.84 Å². The number of amides is 3. The average Bonchev–Trinajstić information content (AvgIpc) is 2.70. The van der Waals surface area contributed by atoms with Gasteiger partial charge in [0.2, 0.25) is 5.91 Å². The highest BCUT2D eigenvalue weighted by atomic mass is 16.5. The summed E-state index contributed by atoms with van der Waals surface area (Å²) in [6.45, 7) is 2.93. The van der Waals surface area contributed by atoms with Crippen LogP contribution in [0, 0.1) is 5.92 Å². The molecular weight excluding hydrogens is 266 g/mol. The lowest BCUT2D eigenvalue weighted by Crippen LogP contribution is -2.48. The molecule has 114 valence electrons. The van der Waals surface area contributed by atoms with Gasteiger partial charge in [0.25, 0.3) is 0 Å². The molecule has 0 aromatic heterocycles. The van der Waals surface area contributed by atoms with E-state index in [9.17, 15) is 14.4 Å². The molecule has 2 unspecified atom stereocenters. The number of rotatable bonds is 6. The molecule has 0 radical (unpaired) electrons. The minimum atomic E-state index is -0.938. The number of urea groups is 1. The van der Waals surface area contributed by atoms with Gasteiger partial charge in [-0.3, -0.25) is 19.8 Å². The molecule has 0 saturated carbocycles. The van der Waals surface area contributed by atoms with Crippen molar-refractivity contribution in [2.45, 2.75) is 19.4 Å². The van der Waals surface area contributed by atoms with Crippen molar-refractivity contribution in [3.63, 3.8) is 0 Å². The second-order valence-corrected chi connectivity index (χ2v) is 4.82. The van der Waals surface area contributed by atoms with Gasteiger partial charge in [0.05, 0.1) is 13.2 Å². The maximum atomic E-state index is 11.7. The standard InChI is InChI=1S/C12H21N3O5/c1-8-3-5-15(10(8)11(17)18)7-9(16)14-12(19)13-4-6-20-2/h8,10H,3-7H2,1-2H3,(H,17,18)(H2,13,14,16,19). The zero-order valence-corrected chi connectivity index (χ0v) is 11.7. The van der Waals surface area contributed by atoms with Gasteiger partial charge in [-0.2, -0.15) is 0 Å². The zero-order chi connectivity index (χ0) is 15.1. The quantitative estimate of drug-likeness (QED) is 0.555. The van der Waals surface area contributed by atoms with E-state index in [1.807, 2.05) is 6.92 Å². The van der Waals surface area contributed by atoms with Gasteiger partial charge in [0.1, 0.15) is 6.04 Å². The maximum Gasteiger partial charge on any atom is 0.321 e. The molecule has 1 saturated heterocycles. The summed E-state index contributed by atoms with van der Waals surface area (Å²) < 4.78 is 4.76. The molecule has 1 aliphatic heterocycles. The summed E-state index contributed by atoms with van der Waals surface area (Å²) in [5.41, 5.74) is 0. The van der Waals surface area contributed by atoms with Gasteiger partial charge in [-0.25, -0.2) is 4.79 Å². The van der Waals surface area contributed by atoms with Crippen LogP contribution in [-0.4, -0.2) is 67.3 Å². The van der Waals surface area contributed by atoms with E-state index >= 15 is 0 Å². The van der Waals surface area contributed by atoms with Crippen molar-refractivity contribution in [2.24, 2.45) is 5.92 Å². The number of carbonyl (C=O) groups excluding carboxylic acids is 2. The zero-order valence-electron chi connectivity index (χ0n) is 11.7. The Kier molecular flexibility index (Phi) is 6.40. The fraction of sp³-hybridized carbons (Fsp3) is 0.750. The number of ether oxygens (including phenoxy) is 1. The summed E-state index contributed by atoms with van der Waals surface area (Å²) in [6.07, 6.45) is 0.726. The third kappa shape index (κ3) is 4.78. The first kappa shape index (κ1) is 16.4. The molecule has 1 aliphatic rings. The molecular formula is C12H21N3O5. The number of aliphatic carboxylic acids is 1. The lowest BCUT2D eigenvalue weighted by Gasteiger charge is -2.22. The Hall–Kier alpha value is -1.67. The SMILES string of the molecule is COCCNC(=O)NC(=O)CN1CCC(C)C1C(=O)O. The Morgan fingerprint density at radius 3 is 2.70 bits per heavy atom. The van der Waals surface area contributed by atoms with E-state index in [0.29, 0.717) is 19.7 Å². The maximum absolute atomic E-state index is 11.7. The van der Waals surface area contributed by atoms with Crippen LogP contribution in [-0.2, 0) is 14.3 Å². The smallest absolute Gasteiger partial charge is 0.321 e. The number of nitrogens with one attached hydrogen (secondary N) is 2. The number of carboxylic acids is 1. The minimum absolute atomic E-state index is 0.00386. The van der Waals surface area contributed by atoms with Crippen LogP contribution >= 0.6 is 0 Å². The number of carboxylic acid groups (broad SMARTS) is 1. The highest BCUT2D eigenvalue weighted by Crippen LogP contribution is 2.23. The fourth-order valence-corrected chi connectivity index (χ4v) is 2.26. The molecule has 0 spiro atoms. The highest BCUT2D eigenvalue weighted by molar-refractivity contribution is 5.95. The van der Waals surface area contributed by atoms with Crippen LogP contribution in [0.3, 0.4) is 0 Å². The van der Waals surface area contributed by atoms with Crippen LogP contribution in [0.1, 0.15) is 13.3 Å². The van der Waals surface area contributed by atoms with Crippen LogP contribution < -0.4 is 10.6 Å². The van der Waals surface area contributed by atoms with Gasteiger partial charge in [0, 0.05) is 13.7 Å². The number of likely N-dealkylation sites (tertiary alicyclic amines) is 1. The summed E-state index contributed by atoms with van der Waals surface area (Å²) in [5, 5.41) is 13.7. The van der Waals surface area contributed by atoms with Crippen molar-refractivity contribution in [2.75, 3.05) is 33.4 Å². The molecule has 0 aliphatic carbocycles. The summed E-state index contributed by atoms with van der Waals surface area (Å²) >= 11 is 0. The van der Waals surface area contributed by atoms with Crippen LogP contribution in [0.5, 0.6) is 0 Å². The summed E-state index contributed by atoms with van der Waals surface area (Å²) in [6, 6.07) is -1.27. The van der Waals surface area contributed by atoms with E-state index in [2.05, 4.69) is 10.6 Å². The molecule has 8 heteroatoms. The minimum Gasteiger partial charge on any atom is -0.480 e. The average molecular weight is 287 g/mol. The van der Waals surface area contributed by atoms with Gasteiger partial charge < -0.3 is 15.2 Å². The van der Waals surface area contributed by atoms with Crippen molar-refractivity contribution in [1.29, 1.82) is 0 Å². The number of imide groups is 1. The van der Waals surface area contributed by atoms with Gasteiger partial charge in [-0.1, -0.05) is 6.92 Å². The summed E-state index contributed by atoms with van der Waals surface area (Å²) in [7, 11) is 1.51. The Morgan fingerprint density at radius 1 is 1.40 bits per heavy atom. The first-order valence-corrected chi connectivity index (χ1v) is 6.49. The van der Waals surface area contributed by atoms with E-state index in [1.165, 1.54) is 7.11 Å². The molecule has 3 N–H and O–H groups in total. The van der Waals surface area contributed by atoms with Crippen LogP contribution in [0.4, 0.5) is 4.79 Å². The molecule has 0 aromatic carbocycles. The van der Waals surface area contributed by atoms with E-state index in [-0.39, 0.29) is 12.5 Å². The molecule has 1 fully saturated rings. The van der Waals surface area contributed by atoms with Gasteiger partial charge in [-0.15, -0.1) is 0 Å². The van der Waals surface area contributed by atoms with Crippen LogP contribution in [0.25, 0.3) is 0 Å². The Balaban J connectivity index is 2.38. The van der Waals surface area contributed by atoms with Gasteiger partial charge in [-0.05, 0) is 18.9 Å². The lowest BCUT2D eigenvalue weighted by atomic mass is 10.0. The van der Waals surface area contributed by atoms with Crippen molar-refractivity contribution in [3.8, 4) is 0 Å². The second kappa shape index (κ2) is 7.81. The molecule has 3 amide bonds. The molecule has 2 atom stereocenters. The number of carbonyl (C=O) groups is 3. The van der Waals surface area contributed by atoms with Crippen molar-refractivity contribution in [3.05, 3.63) is 0 Å². The first-order chi connectivity index (χ1) is 9.45. The third-order valence-corrected chi connectivity index (χ3v) is 3.25.